The molecule has 0 N–H and O–H groups in total. The fourth-order valence-electron chi connectivity index (χ4n) is 0.800. The summed E-state index contributed by atoms with van der Waals surface area (Å²) in [5.74, 6) is -3.15. The number of nitrogens with zero attached hydrogens (tertiary/aromatic N) is 1. The first-order valence-corrected chi connectivity index (χ1v) is 3.81. The average Bonchev–Trinajstić information content (AvgIpc) is 2.17. The van der Waals surface area contributed by atoms with Crippen molar-refractivity contribution in [1.82, 2.24) is 4.98 Å². The number of allylic oxidation sites excluding steroid dienone is 2. The van der Waals surface area contributed by atoms with Gasteiger partial charge in [0.05, 0.1) is 0 Å². The molecule has 16 heavy (non-hydrogen) atoms. The van der Waals surface area contributed by atoms with Crippen molar-refractivity contribution in [3.05, 3.63) is 41.9 Å². The van der Waals surface area contributed by atoms with E-state index in [4.69, 9.17) is 0 Å². The average molecular weight is 239 g/mol. The summed E-state index contributed by atoms with van der Waals surface area (Å²) >= 11 is 0. The van der Waals surface area contributed by atoms with Gasteiger partial charge >= 0.3 is 35.7 Å². The third-order valence-corrected chi connectivity index (χ3v) is 1.51. The summed E-state index contributed by atoms with van der Waals surface area (Å²) in [6, 6.07) is 2.45. The van der Waals surface area contributed by atoms with Crippen molar-refractivity contribution in [2.24, 2.45) is 0 Å². The molecule has 0 amide bonds. The van der Waals surface area contributed by atoms with Crippen molar-refractivity contribution in [3.63, 3.8) is 0 Å². The first kappa shape index (κ1) is 15.2. The standard InChI is InChI=1S/C9H6F3NO2.Na/c10-9(11,12)8(15)5-7(14)6-1-3-13-4-2-6;/h1-5,15H;/q;+1/p-1. The van der Waals surface area contributed by atoms with E-state index in [0.29, 0.717) is 0 Å². The molecule has 0 fully saturated rings. The monoisotopic (exact) mass is 239 g/mol. The molecule has 1 aromatic rings. The number of rotatable bonds is 2. The Morgan fingerprint density at radius 2 is 1.81 bits per heavy atom. The van der Waals surface area contributed by atoms with E-state index in [1.807, 2.05) is 0 Å². The van der Waals surface area contributed by atoms with Gasteiger partial charge in [0.15, 0.2) is 5.78 Å². The number of pyridine rings is 1. The van der Waals surface area contributed by atoms with Crippen molar-refractivity contribution in [1.29, 1.82) is 0 Å². The molecule has 0 saturated heterocycles. The summed E-state index contributed by atoms with van der Waals surface area (Å²) in [5, 5.41) is 10.4. The van der Waals surface area contributed by atoms with Crippen LogP contribution in [0.25, 0.3) is 0 Å². The molecule has 0 aromatic carbocycles. The van der Waals surface area contributed by atoms with E-state index in [1.54, 1.807) is 0 Å². The van der Waals surface area contributed by atoms with Crippen molar-refractivity contribution in [2.45, 2.75) is 6.18 Å². The van der Waals surface area contributed by atoms with Gasteiger partial charge in [-0.3, -0.25) is 9.78 Å². The fraction of sp³-hybridized carbons (Fsp3) is 0.111. The molecule has 0 aliphatic heterocycles. The number of alkyl halides is 3. The second kappa shape index (κ2) is 6.03. The Hall–Kier alpha value is -0.850. The van der Waals surface area contributed by atoms with Crippen LogP contribution in [-0.2, 0) is 0 Å². The number of hydrogen-bond donors (Lipinski definition) is 0. The number of carbonyl (C=O) groups excluding carboxylic acids is 1. The first-order valence-electron chi connectivity index (χ1n) is 3.81. The predicted octanol–water partition coefficient (Wildman–Crippen LogP) is -1.93. The zero-order chi connectivity index (χ0) is 11.5. The van der Waals surface area contributed by atoms with Crippen LogP contribution in [0.5, 0.6) is 0 Å². The zero-order valence-corrected chi connectivity index (χ0v) is 10.3. The number of hydrogen-bond acceptors (Lipinski definition) is 3. The molecule has 0 radical (unpaired) electrons. The van der Waals surface area contributed by atoms with Crippen LogP contribution in [0.1, 0.15) is 10.4 Å². The Labute approximate surface area is 111 Å². The molecule has 0 atom stereocenters. The summed E-state index contributed by atoms with van der Waals surface area (Å²) < 4.78 is 35.3. The zero-order valence-electron chi connectivity index (χ0n) is 8.28. The van der Waals surface area contributed by atoms with Crippen LogP contribution < -0.4 is 34.7 Å². The SMILES string of the molecule is O=C(C=C([O-])C(F)(F)F)c1ccncc1.[Na+]. The van der Waals surface area contributed by atoms with Crippen LogP contribution in [0, 0.1) is 0 Å². The molecule has 7 heteroatoms. The normalized spacial score (nSPS) is 11.8. The smallest absolute Gasteiger partial charge is 0.869 e. The van der Waals surface area contributed by atoms with Gasteiger partial charge in [-0.15, -0.1) is 0 Å². The summed E-state index contributed by atoms with van der Waals surface area (Å²) in [5.41, 5.74) is -0.0115. The van der Waals surface area contributed by atoms with Crippen molar-refractivity contribution < 1.29 is 52.6 Å². The minimum Gasteiger partial charge on any atom is -0.869 e. The number of carbonyl (C=O) groups is 1. The maximum Gasteiger partial charge on any atom is 1.00 e. The van der Waals surface area contributed by atoms with E-state index in [1.165, 1.54) is 24.5 Å². The minimum atomic E-state index is -5.01. The molecule has 1 rings (SSSR count). The van der Waals surface area contributed by atoms with Gasteiger partial charge < -0.3 is 5.11 Å². The molecular weight excluding hydrogens is 234 g/mol. The first-order chi connectivity index (χ1) is 6.91. The van der Waals surface area contributed by atoms with E-state index in [-0.39, 0.29) is 41.2 Å². The molecule has 80 valence electrons. The van der Waals surface area contributed by atoms with Crippen LogP contribution in [0.15, 0.2) is 36.4 Å². The molecule has 3 nitrogen and oxygen atoms in total. The third-order valence-electron chi connectivity index (χ3n) is 1.51. The van der Waals surface area contributed by atoms with Crippen molar-refractivity contribution in [2.75, 3.05) is 0 Å². The van der Waals surface area contributed by atoms with Gasteiger partial charge in [0, 0.05) is 18.0 Å². The molecular formula is C9H5F3NNaO2. The quantitative estimate of drug-likeness (QED) is 0.261. The molecule has 0 aliphatic rings. The van der Waals surface area contributed by atoms with Gasteiger partial charge in [-0.25, -0.2) is 0 Å². The molecule has 0 saturated carbocycles. The van der Waals surface area contributed by atoms with E-state index < -0.39 is 17.7 Å². The Kier molecular flexibility index (Phi) is 5.71. The van der Waals surface area contributed by atoms with Gasteiger partial charge in [0.2, 0.25) is 0 Å². The molecule has 0 spiro atoms. The van der Waals surface area contributed by atoms with Gasteiger partial charge in [-0.05, 0) is 24.0 Å². The predicted molar refractivity (Wildman–Crippen MR) is 42.7 cm³/mol. The van der Waals surface area contributed by atoms with Gasteiger partial charge in [-0.1, -0.05) is 0 Å². The molecule has 1 heterocycles. The Balaban J connectivity index is 0.00000225. The van der Waals surface area contributed by atoms with E-state index in [9.17, 15) is 23.1 Å². The van der Waals surface area contributed by atoms with E-state index >= 15 is 0 Å². The summed E-state index contributed by atoms with van der Waals surface area (Å²) in [6.07, 6.45) is -2.49. The molecule has 0 unspecified atom stereocenters. The second-order valence-electron chi connectivity index (χ2n) is 2.61. The molecule has 1 aromatic heterocycles. The maximum atomic E-state index is 11.8. The van der Waals surface area contributed by atoms with Crippen LogP contribution in [0.4, 0.5) is 13.2 Å². The van der Waals surface area contributed by atoms with Crippen LogP contribution in [0.2, 0.25) is 0 Å². The van der Waals surface area contributed by atoms with Gasteiger partial charge in [0.1, 0.15) is 0 Å². The van der Waals surface area contributed by atoms with Crippen LogP contribution >= 0.6 is 0 Å². The maximum absolute atomic E-state index is 11.8. The third kappa shape index (κ3) is 4.34. The van der Waals surface area contributed by atoms with Crippen molar-refractivity contribution in [3.8, 4) is 0 Å². The fourth-order valence-corrected chi connectivity index (χ4v) is 0.800. The summed E-state index contributed by atoms with van der Waals surface area (Å²) in [6.45, 7) is 0. The Morgan fingerprint density at radius 1 is 1.31 bits per heavy atom. The largest absolute Gasteiger partial charge is 1.00 e. The minimum absolute atomic E-state index is 0. The Bertz CT molecular complexity index is 389. The summed E-state index contributed by atoms with van der Waals surface area (Å²) in [4.78, 5) is 14.7. The second-order valence-corrected chi connectivity index (χ2v) is 2.61. The van der Waals surface area contributed by atoms with Gasteiger partial charge in [0.25, 0.3) is 0 Å². The van der Waals surface area contributed by atoms with E-state index in [2.05, 4.69) is 4.98 Å². The van der Waals surface area contributed by atoms with Crippen LogP contribution in [0.3, 0.4) is 0 Å². The topological polar surface area (TPSA) is 53.0 Å². The van der Waals surface area contributed by atoms with Gasteiger partial charge in [-0.2, -0.15) is 13.2 Å². The summed E-state index contributed by atoms with van der Waals surface area (Å²) in [7, 11) is 0. The van der Waals surface area contributed by atoms with Crippen LogP contribution in [-0.4, -0.2) is 16.9 Å². The number of aromatic nitrogens is 1. The van der Waals surface area contributed by atoms with E-state index in [0.717, 1.165) is 0 Å². The number of halogens is 3. The number of ketones is 1. The molecule has 0 aliphatic carbocycles. The van der Waals surface area contributed by atoms with Crippen molar-refractivity contribution >= 4 is 5.78 Å². The Morgan fingerprint density at radius 3 is 2.25 bits per heavy atom. The molecule has 0 bridgehead atoms.